The van der Waals surface area contributed by atoms with Crippen LogP contribution in [0.5, 0.6) is 0 Å². The SMILES string of the molecule is CCN(CCC(=O)Nc1ccccc1)Cc1ccc(C#N)cc1F. The van der Waals surface area contributed by atoms with E-state index in [1.54, 1.807) is 12.1 Å². The van der Waals surface area contributed by atoms with Gasteiger partial charge in [-0.3, -0.25) is 9.69 Å². The number of carbonyl (C=O) groups excluding carboxylic acids is 1. The first-order valence-electron chi connectivity index (χ1n) is 7.88. The molecule has 0 aliphatic rings. The molecular formula is C19H20FN3O. The van der Waals surface area contributed by atoms with Crippen molar-refractivity contribution in [2.45, 2.75) is 19.9 Å². The average molecular weight is 325 g/mol. The third-order valence-electron chi connectivity index (χ3n) is 3.74. The molecule has 0 spiro atoms. The second-order valence-electron chi connectivity index (χ2n) is 5.45. The topological polar surface area (TPSA) is 56.1 Å². The number of amides is 1. The van der Waals surface area contributed by atoms with E-state index < -0.39 is 0 Å². The van der Waals surface area contributed by atoms with Crippen LogP contribution >= 0.6 is 0 Å². The largest absolute Gasteiger partial charge is 0.326 e. The lowest BCUT2D eigenvalue weighted by Gasteiger charge is -2.20. The summed E-state index contributed by atoms with van der Waals surface area (Å²) in [6.45, 7) is 3.62. The van der Waals surface area contributed by atoms with Crippen molar-refractivity contribution in [2.24, 2.45) is 0 Å². The highest BCUT2D eigenvalue weighted by atomic mass is 19.1. The number of hydrogen-bond acceptors (Lipinski definition) is 3. The van der Waals surface area contributed by atoms with Crippen LogP contribution in [-0.2, 0) is 11.3 Å². The highest BCUT2D eigenvalue weighted by Crippen LogP contribution is 2.13. The standard InChI is InChI=1S/C19H20FN3O/c1-2-23(14-16-9-8-15(13-21)12-18(16)20)11-10-19(24)22-17-6-4-3-5-7-17/h3-9,12H,2,10-11,14H2,1H3,(H,22,24). The third-order valence-corrected chi connectivity index (χ3v) is 3.74. The monoisotopic (exact) mass is 325 g/mol. The predicted octanol–water partition coefficient (Wildman–Crippen LogP) is 3.55. The van der Waals surface area contributed by atoms with Crippen LogP contribution in [0.15, 0.2) is 48.5 Å². The van der Waals surface area contributed by atoms with Gasteiger partial charge in [0.1, 0.15) is 5.82 Å². The maximum Gasteiger partial charge on any atom is 0.225 e. The Morgan fingerprint density at radius 3 is 2.62 bits per heavy atom. The lowest BCUT2D eigenvalue weighted by molar-refractivity contribution is -0.116. The molecule has 0 aliphatic carbocycles. The summed E-state index contributed by atoms with van der Waals surface area (Å²) in [7, 11) is 0. The van der Waals surface area contributed by atoms with E-state index in [0.29, 0.717) is 37.2 Å². The molecule has 2 rings (SSSR count). The molecule has 0 atom stereocenters. The Kier molecular flexibility index (Phi) is 6.47. The summed E-state index contributed by atoms with van der Waals surface area (Å²) in [5, 5.41) is 11.6. The van der Waals surface area contributed by atoms with E-state index in [9.17, 15) is 9.18 Å². The van der Waals surface area contributed by atoms with Crippen molar-refractivity contribution >= 4 is 11.6 Å². The molecule has 0 aromatic heterocycles. The minimum atomic E-state index is -0.388. The van der Waals surface area contributed by atoms with Crippen LogP contribution in [0.4, 0.5) is 10.1 Å². The zero-order chi connectivity index (χ0) is 17.4. The summed E-state index contributed by atoms with van der Waals surface area (Å²) in [5.74, 6) is -0.457. The van der Waals surface area contributed by atoms with Crippen molar-refractivity contribution in [1.82, 2.24) is 4.90 Å². The Bertz CT molecular complexity index is 725. The van der Waals surface area contributed by atoms with Gasteiger partial charge in [0, 0.05) is 30.8 Å². The summed E-state index contributed by atoms with van der Waals surface area (Å²) in [4.78, 5) is 14.0. The number of benzene rings is 2. The Balaban J connectivity index is 1.88. The van der Waals surface area contributed by atoms with Crippen molar-refractivity contribution in [3.8, 4) is 6.07 Å². The lowest BCUT2D eigenvalue weighted by atomic mass is 10.1. The number of hydrogen-bond donors (Lipinski definition) is 1. The van der Waals surface area contributed by atoms with Crippen molar-refractivity contribution in [2.75, 3.05) is 18.4 Å². The molecule has 1 N–H and O–H groups in total. The van der Waals surface area contributed by atoms with Crippen LogP contribution in [0, 0.1) is 17.1 Å². The molecule has 124 valence electrons. The van der Waals surface area contributed by atoms with E-state index in [0.717, 1.165) is 5.69 Å². The van der Waals surface area contributed by atoms with Gasteiger partial charge >= 0.3 is 0 Å². The van der Waals surface area contributed by atoms with Gasteiger partial charge in [0.25, 0.3) is 0 Å². The Hall–Kier alpha value is -2.71. The molecule has 2 aromatic carbocycles. The first-order valence-corrected chi connectivity index (χ1v) is 7.88. The normalized spacial score (nSPS) is 10.4. The second kappa shape index (κ2) is 8.80. The molecule has 0 aliphatic heterocycles. The number of nitriles is 1. The van der Waals surface area contributed by atoms with E-state index in [1.165, 1.54) is 6.07 Å². The number of nitrogens with one attached hydrogen (secondary N) is 1. The average Bonchev–Trinajstić information content (AvgIpc) is 2.60. The van der Waals surface area contributed by atoms with E-state index in [-0.39, 0.29) is 11.7 Å². The number of halogens is 1. The Morgan fingerprint density at radius 1 is 1.25 bits per heavy atom. The summed E-state index contributed by atoms with van der Waals surface area (Å²) in [6, 6.07) is 15.7. The molecule has 24 heavy (non-hydrogen) atoms. The Morgan fingerprint density at radius 2 is 2.00 bits per heavy atom. The van der Waals surface area contributed by atoms with Gasteiger partial charge < -0.3 is 5.32 Å². The van der Waals surface area contributed by atoms with Gasteiger partial charge in [-0.05, 0) is 30.8 Å². The fourth-order valence-electron chi connectivity index (χ4n) is 2.34. The zero-order valence-electron chi connectivity index (χ0n) is 13.6. The van der Waals surface area contributed by atoms with Crippen LogP contribution in [0.1, 0.15) is 24.5 Å². The molecule has 0 saturated carbocycles. The van der Waals surface area contributed by atoms with Gasteiger partial charge in [-0.25, -0.2) is 4.39 Å². The Labute approximate surface area is 141 Å². The second-order valence-corrected chi connectivity index (χ2v) is 5.45. The molecular weight excluding hydrogens is 305 g/mol. The van der Waals surface area contributed by atoms with Gasteiger partial charge in [-0.1, -0.05) is 31.2 Å². The van der Waals surface area contributed by atoms with E-state index in [1.807, 2.05) is 48.2 Å². The quantitative estimate of drug-likeness (QED) is 0.847. The molecule has 5 heteroatoms. The molecule has 0 radical (unpaired) electrons. The predicted molar refractivity (Wildman–Crippen MR) is 91.8 cm³/mol. The number of rotatable bonds is 7. The smallest absolute Gasteiger partial charge is 0.225 e. The molecule has 4 nitrogen and oxygen atoms in total. The van der Waals surface area contributed by atoms with Crippen LogP contribution in [0.3, 0.4) is 0 Å². The number of anilines is 1. The van der Waals surface area contributed by atoms with Gasteiger partial charge in [-0.15, -0.1) is 0 Å². The van der Waals surface area contributed by atoms with Gasteiger partial charge in [-0.2, -0.15) is 5.26 Å². The third kappa shape index (κ3) is 5.18. The van der Waals surface area contributed by atoms with Crippen LogP contribution in [0.25, 0.3) is 0 Å². The van der Waals surface area contributed by atoms with Crippen LogP contribution < -0.4 is 5.32 Å². The maximum atomic E-state index is 14.0. The summed E-state index contributed by atoms with van der Waals surface area (Å²) < 4.78 is 14.0. The van der Waals surface area contributed by atoms with Crippen molar-refractivity contribution in [3.05, 3.63) is 65.5 Å². The number of nitrogens with zero attached hydrogens (tertiary/aromatic N) is 2. The molecule has 1 amide bonds. The zero-order valence-corrected chi connectivity index (χ0v) is 13.6. The van der Waals surface area contributed by atoms with Crippen molar-refractivity contribution < 1.29 is 9.18 Å². The first-order chi connectivity index (χ1) is 11.6. The first kappa shape index (κ1) is 17.6. The summed E-state index contributed by atoms with van der Waals surface area (Å²) in [5.41, 5.74) is 1.60. The van der Waals surface area contributed by atoms with Crippen molar-refractivity contribution in [1.29, 1.82) is 5.26 Å². The maximum absolute atomic E-state index is 14.0. The van der Waals surface area contributed by atoms with Gasteiger partial charge in [0.05, 0.1) is 11.6 Å². The van der Waals surface area contributed by atoms with E-state index in [4.69, 9.17) is 5.26 Å². The molecule has 0 unspecified atom stereocenters. The molecule has 0 fully saturated rings. The number of para-hydroxylation sites is 1. The molecule has 0 bridgehead atoms. The number of carbonyl (C=O) groups is 1. The van der Waals surface area contributed by atoms with Gasteiger partial charge in [0.15, 0.2) is 0 Å². The van der Waals surface area contributed by atoms with E-state index in [2.05, 4.69) is 5.32 Å². The van der Waals surface area contributed by atoms with Gasteiger partial charge in [0.2, 0.25) is 5.91 Å². The summed E-state index contributed by atoms with van der Waals surface area (Å²) in [6.07, 6.45) is 0.334. The van der Waals surface area contributed by atoms with E-state index >= 15 is 0 Å². The lowest BCUT2D eigenvalue weighted by Crippen LogP contribution is -2.27. The minimum absolute atomic E-state index is 0.0695. The van der Waals surface area contributed by atoms with Crippen molar-refractivity contribution in [3.63, 3.8) is 0 Å². The highest BCUT2D eigenvalue weighted by Gasteiger charge is 2.11. The highest BCUT2D eigenvalue weighted by molar-refractivity contribution is 5.90. The molecule has 2 aromatic rings. The van der Waals surface area contributed by atoms with Crippen LogP contribution in [-0.4, -0.2) is 23.9 Å². The summed E-state index contributed by atoms with van der Waals surface area (Å²) >= 11 is 0. The fraction of sp³-hybridized carbons (Fsp3) is 0.263. The minimum Gasteiger partial charge on any atom is -0.326 e. The fourth-order valence-corrected chi connectivity index (χ4v) is 2.34. The van der Waals surface area contributed by atoms with Crippen LogP contribution in [0.2, 0.25) is 0 Å². The molecule has 0 heterocycles. The molecule has 0 saturated heterocycles.